The van der Waals surface area contributed by atoms with E-state index in [0.29, 0.717) is 12.3 Å². The second-order valence-electron chi connectivity index (χ2n) is 5.12. The molecule has 2 aromatic heterocycles. The van der Waals surface area contributed by atoms with Crippen LogP contribution in [0.2, 0.25) is 0 Å². The van der Waals surface area contributed by atoms with Crippen LogP contribution in [-0.4, -0.2) is 27.6 Å². The second-order valence-corrected chi connectivity index (χ2v) is 5.12. The minimum atomic E-state index is -0.602. The summed E-state index contributed by atoms with van der Waals surface area (Å²) in [5.41, 5.74) is 1.55. The highest BCUT2D eigenvalue weighted by molar-refractivity contribution is 5.91. The second kappa shape index (κ2) is 6.86. The van der Waals surface area contributed by atoms with Crippen molar-refractivity contribution in [3.8, 4) is 0 Å². The number of urea groups is 1. The van der Waals surface area contributed by atoms with Crippen LogP contribution in [0.25, 0.3) is 0 Å². The number of aromatic nitrogens is 2. The largest absolute Gasteiger partial charge is 0.361 e. The van der Waals surface area contributed by atoms with Gasteiger partial charge in [-0.3, -0.25) is 15.1 Å². The summed E-state index contributed by atoms with van der Waals surface area (Å²) in [6.07, 6.45) is 2.46. The lowest BCUT2D eigenvalue weighted by Gasteiger charge is -2.13. The molecule has 0 aliphatic rings. The molecule has 2 rings (SSSR count). The Morgan fingerprint density at radius 1 is 1.48 bits per heavy atom. The molecular weight excluding hydrogens is 302 g/mol. The summed E-state index contributed by atoms with van der Waals surface area (Å²) in [5, 5.41) is 19.9. The average Bonchev–Trinajstić information content (AvgIpc) is 2.84. The van der Waals surface area contributed by atoms with Gasteiger partial charge in [-0.15, -0.1) is 0 Å². The predicted molar refractivity (Wildman–Crippen MR) is 82.3 cm³/mol. The number of carbonyl (C=O) groups excluding carboxylic acids is 1. The van der Waals surface area contributed by atoms with E-state index in [4.69, 9.17) is 4.52 Å². The number of rotatable bonds is 5. The lowest BCUT2D eigenvalue weighted by atomic mass is 10.00. The highest BCUT2D eigenvalue weighted by Crippen LogP contribution is 2.23. The number of nitro groups is 1. The van der Waals surface area contributed by atoms with Crippen LogP contribution in [0.3, 0.4) is 0 Å². The number of carbonyl (C=O) groups is 1. The molecule has 122 valence electrons. The number of anilines is 1. The molecule has 2 aromatic rings. The molecule has 0 fully saturated rings. The number of hydrogen-bond acceptors (Lipinski definition) is 6. The Kier molecular flexibility index (Phi) is 4.89. The third-order valence-electron chi connectivity index (χ3n) is 3.40. The van der Waals surface area contributed by atoms with E-state index in [1.807, 2.05) is 20.8 Å². The van der Waals surface area contributed by atoms with Gasteiger partial charge in [0.1, 0.15) is 17.6 Å². The smallest absolute Gasteiger partial charge is 0.319 e. The number of pyridine rings is 1. The van der Waals surface area contributed by atoms with Gasteiger partial charge in [0.15, 0.2) is 0 Å². The normalized spacial score (nSPS) is 11.8. The molecule has 0 aliphatic carbocycles. The SMILES string of the molecule is Cc1noc(C)c1[C@H](C)CNC(=O)Nc1ccncc1[N+](=O)[O-]. The quantitative estimate of drug-likeness (QED) is 0.644. The summed E-state index contributed by atoms with van der Waals surface area (Å²) < 4.78 is 5.10. The molecule has 9 heteroatoms. The van der Waals surface area contributed by atoms with Crippen LogP contribution in [0.1, 0.15) is 29.9 Å². The van der Waals surface area contributed by atoms with Crippen molar-refractivity contribution in [2.45, 2.75) is 26.7 Å². The average molecular weight is 319 g/mol. The Bertz CT molecular complexity index is 708. The monoisotopic (exact) mass is 319 g/mol. The number of hydrogen-bond donors (Lipinski definition) is 2. The van der Waals surface area contributed by atoms with Gasteiger partial charge in [0, 0.05) is 24.2 Å². The van der Waals surface area contributed by atoms with Crippen molar-refractivity contribution in [3.05, 3.63) is 45.6 Å². The van der Waals surface area contributed by atoms with E-state index in [1.165, 1.54) is 12.3 Å². The van der Waals surface area contributed by atoms with Gasteiger partial charge in [0.25, 0.3) is 0 Å². The van der Waals surface area contributed by atoms with Gasteiger partial charge in [-0.1, -0.05) is 12.1 Å². The van der Waals surface area contributed by atoms with Crippen molar-refractivity contribution in [2.24, 2.45) is 0 Å². The molecule has 2 heterocycles. The Labute approximate surface area is 132 Å². The molecule has 0 aromatic carbocycles. The van der Waals surface area contributed by atoms with Crippen molar-refractivity contribution in [3.63, 3.8) is 0 Å². The van der Waals surface area contributed by atoms with Crippen LogP contribution in [0.15, 0.2) is 23.0 Å². The van der Waals surface area contributed by atoms with Gasteiger partial charge in [-0.05, 0) is 19.9 Å². The number of nitrogens with one attached hydrogen (secondary N) is 2. The zero-order valence-corrected chi connectivity index (χ0v) is 13.0. The molecule has 2 amide bonds. The van der Waals surface area contributed by atoms with Gasteiger partial charge in [-0.2, -0.15) is 0 Å². The molecule has 0 saturated carbocycles. The van der Waals surface area contributed by atoms with Crippen LogP contribution < -0.4 is 10.6 Å². The van der Waals surface area contributed by atoms with E-state index < -0.39 is 11.0 Å². The molecule has 9 nitrogen and oxygen atoms in total. The zero-order chi connectivity index (χ0) is 17.0. The van der Waals surface area contributed by atoms with E-state index in [1.54, 1.807) is 0 Å². The predicted octanol–water partition coefficient (Wildman–Crippen LogP) is 2.52. The molecule has 2 N–H and O–H groups in total. The summed E-state index contributed by atoms with van der Waals surface area (Å²) in [7, 11) is 0. The summed E-state index contributed by atoms with van der Waals surface area (Å²) in [4.78, 5) is 25.9. The van der Waals surface area contributed by atoms with Gasteiger partial charge in [0.05, 0.1) is 10.6 Å². The van der Waals surface area contributed by atoms with Crippen LogP contribution in [0.5, 0.6) is 0 Å². The van der Waals surface area contributed by atoms with Gasteiger partial charge in [0.2, 0.25) is 0 Å². The van der Waals surface area contributed by atoms with Crippen LogP contribution >= 0.6 is 0 Å². The van der Waals surface area contributed by atoms with E-state index in [9.17, 15) is 14.9 Å². The Balaban J connectivity index is 1.97. The number of nitrogens with zero attached hydrogens (tertiary/aromatic N) is 3. The third-order valence-corrected chi connectivity index (χ3v) is 3.40. The van der Waals surface area contributed by atoms with Crippen molar-refractivity contribution in [1.82, 2.24) is 15.5 Å². The van der Waals surface area contributed by atoms with Gasteiger partial charge in [-0.25, -0.2) is 4.79 Å². The molecule has 0 unspecified atom stereocenters. The topological polar surface area (TPSA) is 123 Å². The third kappa shape index (κ3) is 3.82. The van der Waals surface area contributed by atoms with Crippen molar-refractivity contribution < 1.29 is 14.2 Å². The number of amides is 2. The van der Waals surface area contributed by atoms with Crippen LogP contribution in [-0.2, 0) is 0 Å². The zero-order valence-electron chi connectivity index (χ0n) is 13.0. The first-order chi connectivity index (χ1) is 10.9. The molecular formula is C14H17N5O4. The molecule has 0 saturated heterocycles. The fourth-order valence-electron chi connectivity index (χ4n) is 2.35. The fourth-order valence-corrected chi connectivity index (χ4v) is 2.35. The van der Waals surface area contributed by atoms with Crippen molar-refractivity contribution >= 4 is 17.4 Å². The highest BCUT2D eigenvalue weighted by Gasteiger charge is 2.19. The van der Waals surface area contributed by atoms with Crippen LogP contribution in [0, 0.1) is 24.0 Å². The summed E-state index contributed by atoms with van der Waals surface area (Å²) in [6, 6.07) is 0.841. The molecule has 23 heavy (non-hydrogen) atoms. The molecule has 0 spiro atoms. The lowest BCUT2D eigenvalue weighted by molar-refractivity contribution is -0.384. The summed E-state index contributed by atoms with van der Waals surface area (Å²) >= 11 is 0. The summed E-state index contributed by atoms with van der Waals surface area (Å²) in [5.74, 6) is 0.710. The maximum atomic E-state index is 11.9. The maximum Gasteiger partial charge on any atom is 0.319 e. The summed E-state index contributed by atoms with van der Waals surface area (Å²) in [6.45, 7) is 5.92. The Morgan fingerprint density at radius 2 is 2.22 bits per heavy atom. The minimum absolute atomic E-state index is 0.000532. The van der Waals surface area contributed by atoms with Crippen LogP contribution in [0.4, 0.5) is 16.2 Å². The van der Waals surface area contributed by atoms with Gasteiger partial charge < -0.3 is 15.2 Å². The van der Waals surface area contributed by atoms with E-state index in [-0.39, 0.29) is 17.3 Å². The molecule has 1 atom stereocenters. The first-order valence-electron chi connectivity index (χ1n) is 6.96. The molecule has 0 bridgehead atoms. The van der Waals surface area contributed by atoms with E-state index in [0.717, 1.165) is 17.5 Å². The minimum Gasteiger partial charge on any atom is -0.361 e. The fraction of sp³-hybridized carbons (Fsp3) is 0.357. The number of aryl methyl sites for hydroxylation is 2. The first kappa shape index (κ1) is 16.4. The van der Waals surface area contributed by atoms with Gasteiger partial charge >= 0.3 is 11.7 Å². The maximum absolute atomic E-state index is 11.9. The lowest BCUT2D eigenvalue weighted by Crippen LogP contribution is -2.32. The van der Waals surface area contributed by atoms with E-state index in [2.05, 4.69) is 20.8 Å². The highest BCUT2D eigenvalue weighted by atomic mass is 16.6. The Morgan fingerprint density at radius 3 is 2.83 bits per heavy atom. The standard InChI is InChI=1S/C14H17N5O4/c1-8(13-9(2)18-23-10(13)3)6-16-14(20)17-11-4-5-15-7-12(11)19(21)22/h4-5,7-8H,6H2,1-3H3,(H2,15,16,17,20)/t8-/m1/s1. The molecule has 0 aliphatic heterocycles. The first-order valence-corrected chi connectivity index (χ1v) is 6.96. The Hall–Kier alpha value is -2.97. The van der Waals surface area contributed by atoms with E-state index >= 15 is 0 Å². The molecule has 0 radical (unpaired) electrons. The van der Waals surface area contributed by atoms with Crippen molar-refractivity contribution in [2.75, 3.05) is 11.9 Å². The van der Waals surface area contributed by atoms with Crippen molar-refractivity contribution in [1.29, 1.82) is 0 Å².